The summed E-state index contributed by atoms with van der Waals surface area (Å²) in [6.07, 6.45) is 0. The van der Waals surface area contributed by atoms with E-state index in [4.69, 9.17) is 5.26 Å². The predicted molar refractivity (Wildman–Crippen MR) is 69.8 cm³/mol. The zero-order chi connectivity index (χ0) is 14.5. The van der Waals surface area contributed by atoms with Gasteiger partial charge in [0.2, 0.25) is 0 Å². The Morgan fingerprint density at radius 1 is 1.42 bits per heavy atom. The average molecular weight is 281 g/mol. The molecule has 0 heterocycles. The molecule has 0 aliphatic rings. The number of carbonyl (C=O) groups is 1. The number of hydrogen-bond acceptors (Lipinski definition) is 5. The Hall–Kier alpha value is -1.87. The van der Waals surface area contributed by atoms with Crippen molar-refractivity contribution in [3.63, 3.8) is 0 Å². The molecule has 102 valence electrons. The monoisotopic (exact) mass is 281 g/mol. The van der Waals surface area contributed by atoms with Gasteiger partial charge in [-0.15, -0.1) is 0 Å². The largest absolute Gasteiger partial charge is 0.469 e. The van der Waals surface area contributed by atoms with Crippen LogP contribution in [0.2, 0.25) is 0 Å². The molecule has 0 spiro atoms. The normalized spacial score (nSPS) is 12.5. The molecule has 0 aliphatic heterocycles. The van der Waals surface area contributed by atoms with Crippen LogP contribution in [0.15, 0.2) is 24.3 Å². The molecule has 0 N–H and O–H groups in total. The first-order chi connectivity index (χ1) is 8.89. The van der Waals surface area contributed by atoms with Gasteiger partial charge in [0.15, 0.2) is 9.84 Å². The van der Waals surface area contributed by atoms with Crippen LogP contribution >= 0.6 is 0 Å². The second-order valence-corrected chi connectivity index (χ2v) is 6.36. The minimum Gasteiger partial charge on any atom is -0.469 e. The van der Waals surface area contributed by atoms with E-state index in [0.717, 1.165) is 0 Å². The number of benzene rings is 1. The van der Waals surface area contributed by atoms with Gasteiger partial charge in [0, 0.05) is 0 Å². The van der Waals surface area contributed by atoms with Crippen molar-refractivity contribution in [3.05, 3.63) is 35.4 Å². The molecule has 19 heavy (non-hydrogen) atoms. The van der Waals surface area contributed by atoms with Crippen LogP contribution in [0.3, 0.4) is 0 Å². The van der Waals surface area contributed by atoms with Crippen molar-refractivity contribution in [2.75, 3.05) is 12.9 Å². The van der Waals surface area contributed by atoms with E-state index in [0.29, 0.717) is 11.1 Å². The van der Waals surface area contributed by atoms with Gasteiger partial charge < -0.3 is 4.74 Å². The molecule has 0 amide bonds. The summed E-state index contributed by atoms with van der Waals surface area (Å²) in [4.78, 5) is 11.2. The van der Waals surface area contributed by atoms with Crippen LogP contribution in [0.5, 0.6) is 0 Å². The molecule has 0 aromatic heterocycles. The van der Waals surface area contributed by atoms with E-state index in [9.17, 15) is 13.2 Å². The summed E-state index contributed by atoms with van der Waals surface area (Å²) >= 11 is 0. The van der Waals surface area contributed by atoms with Crippen molar-refractivity contribution in [1.29, 1.82) is 5.26 Å². The second-order valence-electron chi connectivity index (χ2n) is 4.25. The molecule has 0 radical (unpaired) electrons. The van der Waals surface area contributed by atoms with Crippen LogP contribution in [0.1, 0.15) is 18.1 Å². The third kappa shape index (κ3) is 4.38. The highest BCUT2D eigenvalue weighted by atomic mass is 32.2. The van der Waals surface area contributed by atoms with E-state index in [-0.39, 0.29) is 11.5 Å². The molecule has 1 aromatic rings. The molecule has 0 fully saturated rings. The smallest absolute Gasteiger partial charge is 0.309 e. The van der Waals surface area contributed by atoms with Crippen LogP contribution in [-0.4, -0.2) is 27.2 Å². The minimum absolute atomic E-state index is 0.252. The van der Waals surface area contributed by atoms with Crippen molar-refractivity contribution in [2.24, 2.45) is 5.92 Å². The Bertz CT molecular complexity index is 601. The van der Waals surface area contributed by atoms with Crippen LogP contribution < -0.4 is 0 Å². The van der Waals surface area contributed by atoms with E-state index < -0.39 is 21.7 Å². The predicted octanol–water partition coefficient (Wildman–Crippen LogP) is 1.28. The van der Waals surface area contributed by atoms with Gasteiger partial charge in [-0.3, -0.25) is 4.79 Å². The number of nitriles is 1. The van der Waals surface area contributed by atoms with E-state index in [1.54, 1.807) is 24.3 Å². The molecule has 1 aromatic carbocycles. The maximum Gasteiger partial charge on any atom is 0.309 e. The first kappa shape index (κ1) is 15.2. The summed E-state index contributed by atoms with van der Waals surface area (Å²) in [7, 11) is -2.25. The van der Waals surface area contributed by atoms with E-state index in [2.05, 4.69) is 4.74 Å². The van der Waals surface area contributed by atoms with Crippen LogP contribution in [-0.2, 0) is 25.1 Å². The van der Waals surface area contributed by atoms with Gasteiger partial charge in [-0.25, -0.2) is 8.42 Å². The van der Waals surface area contributed by atoms with Crippen LogP contribution in [0.4, 0.5) is 0 Å². The third-order valence-electron chi connectivity index (χ3n) is 2.62. The summed E-state index contributed by atoms with van der Waals surface area (Å²) in [5, 5.41) is 8.90. The van der Waals surface area contributed by atoms with Gasteiger partial charge in [-0.05, 0) is 11.6 Å². The topological polar surface area (TPSA) is 84.2 Å². The molecular weight excluding hydrogens is 266 g/mol. The summed E-state index contributed by atoms with van der Waals surface area (Å²) in [5.41, 5.74) is 0.777. The minimum atomic E-state index is -3.47. The van der Waals surface area contributed by atoms with Gasteiger partial charge in [0.25, 0.3) is 0 Å². The van der Waals surface area contributed by atoms with Crippen molar-refractivity contribution < 1.29 is 17.9 Å². The lowest BCUT2D eigenvalue weighted by Gasteiger charge is -2.10. The highest BCUT2D eigenvalue weighted by molar-refractivity contribution is 7.90. The standard InChI is InChI=1S/C13H15NO4S/c1-10(13(15)18-2)8-19(16,17)9-12-6-4-3-5-11(12)7-14/h3-6,10H,8-9H2,1-2H3. The van der Waals surface area contributed by atoms with E-state index >= 15 is 0 Å². The molecular formula is C13H15NO4S. The number of ether oxygens (including phenoxy) is 1. The van der Waals surface area contributed by atoms with Crippen molar-refractivity contribution in [3.8, 4) is 6.07 Å². The number of sulfone groups is 1. The molecule has 0 saturated heterocycles. The Morgan fingerprint density at radius 2 is 2.05 bits per heavy atom. The Balaban J connectivity index is 2.86. The van der Waals surface area contributed by atoms with Crippen LogP contribution in [0, 0.1) is 17.2 Å². The molecule has 1 rings (SSSR count). The SMILES string of the molecule is COC(=O)C(C)CS(=O)(=O)Cc1ccccc1C#N. The number of esters is 1. The van der Waals surface area contributed by atoms with E-state index in [1.165, 1.54) is 14.0 Å². The summed E-state index contributed by atoms with van der Waals surface area (Å²) in [6, 6.07) is 8.46. The van der Waals surface area contributed by atoms with Crippen molar-refractivity contribution in [2.45, 2.75) is 12.7 Å². The summed E-state index contributed by atoms with van der Waals surface area (Å²) in [5.74, 6) is -1.82. The van der Waals surface area contributed by atoms with Crippen LogP contribution in [0.25, 0.3) is 0 Å². The van der Waals surface area contributed by atoms with Gasteiger partial charge in [-0.1, -0.05) is 25.1 Å². The number of rotatable bonds is 5. The summed E-state index contributed by atoms with van der Waals surface area (Å²) in [6.45, 7) is 1.50. The molecule has 1 atom stereocenters. The van der Waals surface area contributed by atoms with Gasteiger partial charge >= 0.3 is 5.97 Å². The number of nitrogens with zero attached hydrogens (tertiary/aromatic N) is 1. The highest BCUT2D eigenvalue weighted by Crippen LogP contribution is 2.14. The Morgan fingerprint density at radius 3 is 2.63 bits per heavy atom. The number of methoxy groups -OCH3 is 1. The lowest BCUT2D eigenvalue weighted by Crippen LogP contribution is -2.23. The zero-order valence-corrected chi connectivity index (χ0v) is 11.6. The van der Waals surface area contributed by atoms with Crippen molar-refractivity contribution in [1.82, 2.24) is 0 Å². The lowest BCUT2D eigenvalue weighted by molar-refractivity contribution is -0.144. The van der Waals surface area contributed by atoms with E-state index in [1.807, 2.05) is 6.07 Å². The fraction of sp³-hybridized carbons (Fsp3) is 0.385. The first-order valence-corrected chi connectivity index (χ1v) is 7.48. The Labute approximate surface area is 112 Å². The second kappa shape index (κ2) is 6.34. The maximum absolute atomic E-state index is 12.0. The molecule has 0 aliphatic carbocycles. The summed E-state index contributed by atoms with van der Waals surface area (Å²) < 4.78 is 28.5. The zero-order valence-electron chi connectivity index (χ0n) is 10.8. The van der Waals surface area contributed by atoms with Gasteiger partial charge in [0.05, 0.1) is 36.2 Å². The molecule has 0 bridgehead atoms. The molecule has 0 saturated carbocycles. The third-order valence-corrected chi connectivity index (χ3v) is 4.38. The first-order valence-electron chi connectivity index (χ1n) is 5.66. The van der Waals surface area contributed by atoms with Gasteiger partial charge in [-0.2, -0.15) is 5.26 Å². The lowest BCUT2D eigenvalue weighted by atomic mass is 10.1. The van der Waals surface area contributed by atoms with Gasteiger partial charge in [0.1, 0.15) is 0 Å². The Kier molecular flexibility index (Phi) is 5.07. The molecule has 5 nitrogen and oxygen atoms in total. The highest BCUT2D eigenvalue weighted by Gasteiger charge is 2.23. The average Bonchev–Trinajstić information content (AvgIpc) is 2.37. The molecule has 1 unspecified atom stereocenters. The molecule has 6 heteroatoms. The fourth-order valence-electron chi connectivity index (χ4n) is 1.70. The number of hydrogen-bond donors (Lipinski definition) is 0. The number of carbonyl (C=O) groups excluding carboxylic acids is 1. The fourth-order valence-corrected chi connectivity index (χ4v) is 3.44. The quantitative estimate of drug-likeness (QED) is 0.759. The van der Waals surface area contributed by atoms with Crippen molar-refractivity contribution >= 4 is 15.8 Å². The maximum atomic E-state index is 12.0.